The number of benzene rings is 1. The van der Waals surface area contributed by atoms with Gasteiger partial charge in [0, 0.05) is 6.42 Å². The van der Waals surface area contributed by atoms with Crippen molar-refractivity contribution in [1.82, 2.24) is 0 Å². The highest BCUT2D eigenvalue weighted by molar-refractivity contribution is 7.91. The number of nitrogens with zero attached hydrogens (tertiary/aromatic N) is 1. The van der Waals surface area contributed by atoms with Gasteiger partial charge in [0.1, 0.15) is 5.75 Å². The van der Waals surface area contributed by atoms with Crippen molar-refractivity contribution < 1.29 is 13.2 Å². The van der Waals surface area contributed by atoms with Crippen LogP contribution in [0.15, 0.2) is 29.2 Å². The van der Waals surface area contributed by atoms with Crippen LogP contribution in [-0.4, -0.2) is 21.3 Å². The molecule has 0 radical (unpaired) electrons. The van der Waals surface area contributed by atoms with Crippen LogP contribution in [0.2, 0.25) is 0 Å². The zero-order valence-electron chi connectivity index (χ0n) is 10.2. The molecule has 1 fully saturated rings. The van der Waals surface area contributed by atoms with Gasteiger partial charge in [0.15, 0.2) is 9.84 Å². The fourth-order valence-electron chi connectivity index (χ4n) is 2.00. The Balaban J connectivity index is 2.23. The molecule has 0 atom stereocenters. The van der Waals surface area contributed by atoms with Gasteiger partial charge < -0.3 is 4.74 Å². The summed E-state index contributed by atoms with van der Waals surface area (Å²) < 4.78 is 29.6. The molecule has 0 bridgehead atoms. The smallest absolute Gasteiger partial charge is 0.179 e. The molecule has 1 aliphatic carbocycles. The third-order valence-electron chi connectivity index (χ3n) is 3.31. The Bertz CT molecular complexity index is 582. The van der Waals surface area contributed by atoms with Gasteiger partial charge in [0.2, 0.25) is 0 Å². The molecule has 1 aromatic rings. The van der Waals surface area contributed by atoms with Gasteiger partial charge >= 0.3 is 0 Å². The van der Waals surface area contributed by atoms with Crippen molar-refractivity contribution in [2.75, 3.05) is 12.9 Å². The number of sulfone groups is 1. The van der Waals surface area contributed by atoms with Crippen LogP contribution in [0.25, 0.3) is 0 Å². The molecule has 0 heterocycles. The van der Waals surface area contributed by atoms with Gasteiger partial charge in [-0.15, -0.1) is 0 Å². The lowest BCUT2D eigenvalue weighted by Gasteiger charge is -2.12. The Kier molecular flexibility index (Phi) is 3.31. The van der Waals surface area contributed by atoms with E-state index in [0.29, 0.717) is 12.2 Å². The predicted octanol–water partition coefficient (Wildman–Crippen LogP) is 2.16. The van der Waals surface area contributed by atoms with Crippen molar-refractivity contribution in [2.24, 2.45) is 5.41 Å². The van der Waals surface area contributed by atoms with Crippen molar-refractivity contribution in [3.8, 4) is 11.8 Å². The van der Waals surface area contributed by atoms with Crippen LogP contribution in [0.1, 0.15) is 19.3 Å². The maximum absolute atomic E-state index is 12.3. The van der Waals surface area contributed by atoms with E-state index in [-0.39, 0.29) is 16.1 Å². The van der Waals surface area contributed by atoms with Crippen LogP contribution in [0.4, 0.5) is 0 Å². The number of hydrogen-bond acceptors (Lipinski definition) is 4. The van der Waals surface area contributed by atoms with Gasteiger partial charge in [-0.05, 0) is 36.5 Å². The molecule has 5 heteroatoms. The molecule has 0 saturated heterocycles. The number of hydrogen-bond donors (Lipinski definition) is 0. The Morgan fingerprint density at radius 2 is 2.17 bits per heavy atom. The molecule has 1 aliphatic rings. The summed E-state index contributed by atoms with van der Waals surface area (Å²) in [7, 11) is -1.84. The average molecular weight is 265 g/mol. The fourth-order valence-corrected chi connectivity index (χ4v) is 3.94. The number of rotatable bonds is 5. The maximum atomic E-state index is 12.3. The van der Waals surface area contributed by atoms with Crippen molar-refractivity contribution in [3.63, 3.8) is 0 Å². The molecule has 0 unspecified atom stereocenters. The van der Waals surface area contributed by atoms with Crippen LogP contribution < -0.4 is 4.74 Å². The van der Waals surface area contributed by atoms with Crippen molar-refractivity contribution in [2.45, 2.75) is 24.2 Å². The third kappa shape index (κ3) is 2.65. The Morgan fingerprint density at radius 1 is 1.44 bits per heavy atom. The molecule has 4 nitrogen and oxygen atoms in total. The van der Waals surface area contributed by atoms with E-state index in [2.05, 4.69) is 6.07 Å². The topological polar surface area (TPSA) is 67.2 Å². The zero-order chi connectivity index (χ0) is 13.2. The lowest BCUT2D eigenvalue weighted by Crippen LogP contribution is -2.17. The highest BCUT2D eigenvalue weighted by Crippen LogP contribution is 2.50. The maximum Gasteiger partial charge on any atom is 0.179 e. The van der Waals surface area contributed by atoms with E-state index >= 15 is 0 Å². The third-order valence-corrected chi connectivity index (χ3v) is 5.27. The summed E-state index contributed by atoms with van der Waals surface area (Å²) in [4.78, 5) is 0.270. The summed E-state index contributed by atoms with van der Waals surface area (Å²) in [6.07, 6.45) is 1.96. The van der Waals surface area contributed by atoms with Crippen LogP contribution in [0.3, 0.4) is 0 Å². The van der Waals surface area contributed by atoms with Gasteiger partial charge in [-0.25, -0.2) is 8.42 Å². The minimum atomic E-state index is -3.34. The zero-order valence-corrected chi connectivity index (χ0v) is 11.0. The van der Waals surface area contributed by atoms with Crippen LogP contribution in [0, 0.1) is 16.7 Å². The highest BCUT2D eigenvalue weighted by atomic mass is 32.2. The van der Waals surface area contributed by atoms with E-state index in [4.69, 9.17) is 10.00 Å². The van der Waals surface area contributed by atoms with Crippen molar-refractivity contribution >= 4 is 9.84 Å². The first-order chi connectivity index (χ1) is 8.51. The van der Waals surface area contributed by atoms with Gasteiger partial charge in [0.05, 0.1) is 23.8 Å². The molecule has 0 amide bonds. The van der Waals surface area contributed by atoms with E-state index in [1.54, 1.807) is 18.2 Å². The lowest BCUT2D eigenvalue weighted by atomic mass is 10.1. The van der Waals surface area contributed by atoms with Gasteiger partial charge in [-0.2, -0.15) is 5.26 Å². The van der Waals surface area contributed by atoms with E-state index < -0.39 is 9.84 Å². The summed E-state index contributed by atoms with van der Waals surface area (Å²) in [5.41, 5.74) is -0.309. The van der Waals surface area contributed by atoms with Crippen molar-refractivity contribution in [3.05, 3.63) is 24.3 Å². The number of ether oxygens (including phenoxy) is 1. The molecule has 1 aromatic carbocycles. The summed E-state index contributed by atoms with van der Waals surface area (Å²) in [6.45, 7) is 0. The molecule has 18 heavy (non-hydrogen) atoms. The van der Waals surface area contributed by atoms with Crippen LogP contribution >= 0.6 is 0 Å². The highest BCUT2D eigenvalue weighted by Gasteiger charge is 2.46. The monoisotopic (exact) mass is 265 g/mol. The first-order valence-corrected chi connectivity index (χ1v) is 7.40. The summed E-state index contributed by atoms with van der Waals surface area (Å²) in [6, 6.07) is 8.55. The standard InChI is InChI=1S/C13H15NO3S/c1-17-11-3-2-4-12(9-11)18(15,16)10-13(5-6-13)7-8-14/h2-4,9H,5-7,10H2,1H3. The second kappa shape index (κ2) is 4.62. The fraction of sp³-hybridized carbons (Fsp3) is 0.462. The average Bonchev–Trinajstić information content (AvgIpc) is 3.08. The van der Waals surface area contributed by atoms with Crippen molar-refractivity contribution in [1.29, 1.82) is 5.26 Å². The Hall–Kier alpha value is -1.54. The van der Waals surface area contributed by atoms with E-state index in [0.717, 1.165) is 12.8 Å². The van der Waals surface area contributed by atoms with Crippen LogP contribution in [0.5, 0.6) is 5.75 Å². The first kappa shape index (κ1) is 12.9. The Labute approximate surface area is 107 Å². The van der Waals surface area contributed by atoms with E-state index in [9.17, 15) is 8.42 Å². The first-order valence-electron chi connectivity index (χ1n) is 5.75. The molecular formula is C13H15NO3S. The lowest BCUT2D eigenvalue weighted by molar-refractivity contribution is 0.413. The summed E-state index contributed by atoms with van der Waals surface area (Å²) in [5, 5.41) is 8.73. The molecule has 2 rings (SSSR count). The minimum Gasteiger partial charge on any atom is -0.497 e. The van der Waals surface area contributed by atoms with E-state index in [1.165, 1.54) is 13.2 Å². The molecule has 0 N–H and O–H groups in total. The van der Waals surface area contributed by atoms with E-state index in [1.807, 2.05) is 0 Å². The molecule has 96 valence electrons. The van der Waals surface area contributed by atoms with Gasteiger partial charge in [0.25, 0.3) is 0 Å². The second-order valence-electron chi connectivity index (χ2n) is 4.77. The SMILES string of the molecule is COc1cccc(S(=O)(=O)CC2(CC#N)CC2)c1. The minimum absolute atomic E-state index is 0.0563. The normalized spacial score (nSPS) is 16.9. The Morgan fingerprint density at radius 3 is 2.72 bits per heavy atom. The summed E-state index contributed by atoms with van der Waals surface area (Å²) >= 11 is 0. The largest absolute Gasteiger partial charge is 0.497 e. The molecule has 0 aliphatic heterocycles. The quantitative estimate of drug-likeness (QED) is 0.818. The number of nitriles is 1. The second-order valence-corrected chi connectivity index (χ2v) is 6.76. The molecule has 1 saturated carbocycles. The van der Waals surface area contributed by atoms with Gasteiger partial charge in [-0.1, -0.05) is 6.07 Å². The van der Waals surface area contributed by atoms with Crippen LogP contribution in [-0.2, 0) is 9.84 Å². The van der Waals surface area contributed by atoms with Gasteiger partial charge in [-0.3, -0.25) is 0 Å². The molecule has 0 aromatic heterocycles. The summed E-state index contributed by atoms with van der Waals surface area (Å²) in [5.74, 6) is 0.585. The molecule has 0 spiro atoms. The molecular weight excluding hydrogens is 250 g/mol. The number of methoxy groups -OCH3 is 1. The predicted molar refractivity (Wildman–Crippen MR) is 66.9 cm³/mol.